The van der Waals surface area contributed by atoms with Gasteiger partial charge in [0.1, 0.15) is 28.0 Å². The Morgan fingerprint density at radius 3 is 2.58 bits per heavy atom. The van der Waals surface area contributed by atoms with Crippen molar-refractivity contribution in [1.82, 2.24) is 0 Å². The zero-order valence-electron chi connectivity index (χ0n) is 19.6. The number of anilines is 1. The fourth-order valence-electron chi connectivity index (χ4n) is 3.22. The number of rotatable bonds is 10. The molecule has 0 radical (unpaired) electrons. The van der Waals surface area contributed by atoms with Crippen LogP contribution in [0.5, 0.6) is 5.75 Å². The first-order chi connectivity index (χ1) is 17.4. The van der Waals surface area contributed by atoms with E-state index in [0.717, 1.165) is 17.8 Å². The molecule has 36 heavy (non-hydrogen) atoms. The van der Waals surface area contributed by atoms with Gasteiger partial charge in [0, 0.05) is 23.1 Å². The van der Waals surface area contributed by atoms with E-state index >= 15 is 0 Å². The molecule has 2 aromatic carbocycles. The third-order valence-electron chi connectivity index (χ3n) is 4.89. The van der Waals surface area contributed by atoms with Gasteiger partial charge in [0.2, 0.25) is 0 Å². The molecule has 1 N–H and O–H groups in total. The molecular formula is C26H23N3O6S. The van der Waals surface area contributed by atoms with Gasteiger partial charge in [-0.3, -0.25) is 14.9 Å². The summed E-state index contributed by atoms with van der Waals surface area (Å²) in [7, 11) is 0. The quantitative estimate of drug-likeness (QED) is 0.120. The van der Waals surface area contributed by atoms with Crippen LogP contribution < -0.4 is 10.1 Å². The molecule has 10 heteroatoms. The lowest BCUT2D eigenvalue weighted by Crippen LogP contribution is -2.16. The van der Waals surface area contributed by atoms with Gasteiger partial charge in [0.05, 0.1) is 18.1 Å². The number of thiophene rings is 1. The lowest BCUT2D eigenvalue weighted by molar-refractivity contribution is -0.384. The van der Waals surface area contributed by atoms with Crippen LogP contribution in [0.4, 0.5) is 10.7 Å². The van der Waals surface area contributed by atoms with Crippen LogP contribution in [-0.4, -0.2) is 30.0 Å². The van der Waals surface area contributed by atoms with E-state index in [0.29, 0.717) is 29.0 Å². The number of hydrogen-bond donors (Lipinski definition) is 1. The van der Waals surface area contributed by atoms with Crippen molar-refractivity contribution in [2.75, 3.05) is 18.5 Å². The number of nitrogens with zero attached hydrogens (tertiary/aromatic N) is 2. The highest BCUT2D eigenvalue weighted by Crippen LogP contribution is 2.37. The number of nitro benzene ring substituents is 1. The number of nitro groups is 1. The van der Waals surface area contributed by atoms with Crippen LogP contribution in [0, 0.1) is 21.4 Å². The monoisotopic (exact) mass is 505 g/mol. The van der Waals surface area contributed by atoms with Crippen LogP contribution >= 0.6 is 11.3 Å². The van der Waals surface area contributed by atoms with Gasteiger partial charge in [0.25, 0.3) is 11.6 Å². The minimum absolute atomic E-state index is 0.0606. The summed E-state index contributed by atoms with van der Waals surface area (Å²) >= 11 is 1.06. The summed E-state index contributed by atoms with van der Waals surface area (Å²) < 4.78 is 10.7. The molecule has 0 saturated carbocycles. The van der Waals surface area contributed by atoms with Crippen molar-refractivity contribution in [2.45, 2.75) is 20.3 Å². The summed E-state index contributed by atoms with van der Waals surface area (Å²) in [5.41, 5.74) is 1.18. The maximum absolute atomic E-state index is 12.9. The smallest absolute Gasteiger partial charge is 0.341 e. The number of ether oxygens (including phenoxy) is 2. The molecule has 0 aliphatic rings. The second kappa shape index (κ2) is 12.3. The number of nitriles is 1. The highest BCUT2D eigenvalue weighted by molar-refractivity contribution is 7.15. The Morgan fingerprint density at radius 2 is 1.94 bits per heavy atom. The summed E-state index contributed by atoms with van der Waals surface area (Å²) in [6.07, 6.45) is 2.30. The average Bonchev–Trinajstić information content (AvgIpc) is 3.30. The number of carbonyl (C=O) groups excluding carboxylic acids is 2. The van der Waals surface area contributed by atoms with E-state index in [9.17, 15) is 25.0 Å². The van der Waals surface area contributed by atoms with Crippen LogP contribution in [0.1, 0.15) is 36.2 Å². The van der Waals surface area contributed by atoms with E-state index in [4.69, 9.17) is 9.47 Å². The maximum Gasteiger partial charge on any atom is 0.341 e. The zero-order chi connectivity index (χ0) is 26.1. The Hall–Kier alpha value is -4.49. The van der Waals surface area contributed by atoms with Gasteiger partial charge in [-0.05, 0) is 42.7 Å². The van der Waals surface area contributed by atoms with Gasteiger partial charge in [-0.2, -0.15) is 5.26 Å². The first-order valence-electron chi connectivity index (χ1n) is 11.1. The molecule has 0 bridgehead atoms. The second-order valence-corrected chi connectivity index (χ2v) is 8.30. The minimum Gasteiger partial charge on any atom is -0.494 e. The number of hydrogen-bond acceptors (Lipinski definition) is 8. The SMILES string of the molecule is CCCOc1ccc(C=C(C#N)C(=O)Nc2scc(-c3cccc([N+](=O)[O-])c3)c2C(=O)OCC)cc1. The standard InChI is InChI=1S/C26H23N3O6S/c1-3-12-35-21-10-8-17(9-11-21)13-19(15-27)24(30)28-25-23(26(31)34-4-2)22(16-36-25)18-6-5-7-20(14-18)29(32)33/h5-11,13-14,16H,3-4,12H2,1-2H3,(H,28,30). The van der Waals surface area contributed by atoms with E-state index in [1.165, 1.54) is 24.3 Å². The van der Waals surface area contributed by atoms with Gasteiger partial charge in [0.15, 0.2) is 0 Å². The first-order valence-corrected chi connectivity index (χ1v) is 11.9. The molecule has 0 aliphatic heterocycles. The molecule has 1 aromatic heterocycles. The predicted octanol–water partition coefficient (Wildman–Crippen LogP) is 5.83. The molecule has 0 fully saturated rings. The van der Waals surface area contributed by atoms with Gasteiger partial charge in [-0.15, -0.1) is 11.3 Å². The number of esters is 1. The van der Waals surface area contributed by atoms with Crippen molar-refractivity contribution in [2.24, 2.45) is 0 Å². The van der Waals surface area contributed by atoms with Gasteiger partial charge in [-0.25, -0.2) is 4.79 Å². The molecule has 0 aliphatic carbocycles. The summed E-state index contributed by atoms with van der Waals surface area (Å²) in [6.45, 7) is 4.33. The molecule has 184 valence electrons. The lowest BCUT2D eigenvalue weighted by atomic mass is 10.0. The minimum atomic E-state index is -0.707. The molecule has 0 spiro atoms. The Kier molecular flexibility index (Phi) is 8.91. The normalized spacial score (nSPS) is 10.9. The average molecular weight is 506 g/mol. The Morgan fingerprint density at radius 1 is 1.19 bits per heavy atom. The Bertz CT molecular complexity index is 1340. The summed E-state index contributed by atoms with van der Waals surface area (Å²) in [4.78, 5) is 36.3. The number of nitrogens with one attached hydrogen (secondary N) is 1. The van der Waals surface area contributed by atoms with E-state index in [2.05, 4.69) is 5.32 Å². The fourth-order valence-corrected chi connectivity index (χ4v) is 4.17. The van der Waals surface area contributed by atoms with Crippen LogP contribution in [0.25, 0.3) is 17.2 Å². The van der Waals surface area contributed by atoms with Gasteiger partial charge in [-0.1, -0.05) is 31.2 Å². The lowest BCUT2D eigenvalue weighted by Gasteiger charge is -2.09. The van der Waals surface area contributed by atoms with E-state index < -0.39 is 16.8 Å². The van der Waals surface area contributed by atoms with Crippen LogP contribution in [0.15, 0.2) is 59.5 Å². The first kappa shape index (κ1) is 26.1. The maximum atomic E-state index is 12.9. The van der Waals surface area contributed by atoms with Crippen LogP contribution in [0.3, 0.4) is 0 Å². The molecular weight excluding hydrogens is 482 g/mol. The van der Waals surface area contributed by atoms with Crippen molar-refractivity contribution in [1.29, 1.82) is 5.26 Å². The summed E-state index contributed by atoms with van der Waals surface area (Å²) in [5, 5.41) is 25.2. The number of carbonyl (C=O) groups is 2. The van der Waals surface area contributed by atoms with Crippen LogP contribution in [-0.2, 0) is 9.53 Å². The highest BCUT2D eigenvalue weighted by Gasteiger charge is 2.24. The molecule has 3 rings (SSSR count). The number of benzene rings is 2. The van der Waals surface area contributed by atoms with E-state index in [1.54, 1.807) is 42.6 Å². The molecule has 1 amide bonds. The molecule has 0 atom stereocenters. The molecule has 0 saturated heterocycles. The number of non-ortho nitro benzene ring substituents is 1. The van der Waals surface area contributed by atoms with Crippen molar-refractivity contribution < 1.29 is 24.0 Å². The summed E-state index contributed by atoms with van der Waals surface area (Å²) in [6, 6.07) is 14.6. The third-order valence-corrected chi connectivity index (χ3v) is 5.79. The van der Waals surface area contributed by atoms with Crippen LogP contribution in [0.2, 0.25) is 0 Å². The van der Waals surface area contributed by atoms with E-state index in [1.807, 2.05) is 13.0 Å². The zero-order valence-corrected chi connectivity index (χ0v) is 20.5. The molecule has 9 nitrogen and oxygen atoms in total. The number of amides is 1. The topological polar surface area (TPSA) is 132 Å². The van der Waals surface area contributed by atoms with Crippen molar-refractivity contribution in [3.05, 3.63) is 80.7 Å². The van der Waals surface area contributed by atoms with Gasteiger partial charge < -0.3 is 14.8 Å². The van der Waals surface area contributed by atoms with Crippen molar-refractivity contribution in [3.8, 4) is 22.9 Å². The predicted molar refractivity (Wildman–Crippen MR) is 137 cm³/mol. The highest BCUT2D eigenvalue weighted by atomic mass is 32.1. The molecule has 0 unspecified atom stereocenters. The molecule has 3 aromatic rings. The van der Waals surface area contributed by atoms with E-state index in [-0.39, 0.29) is 28.4 Å². The Labute approximate surface area is 211 Å². The van der Waals surface area contributed by atoms with Gasteiger partial charge >= 0.3 is 5.97 Å². The Balaban J connectivity index is 1.91. The van der Waals surface area contributed by atoms with Crippen molar-refractivity contribution >= 4 is 40.0 Å². The largest absolute Gasteiger partial charge is 0.494 e. The van der Waals surface area contributed by atoms with Crippen molar-refractivity contribution in [3.63, 3.8) is 0 Å². The second-order valence-electron chi connectivity index (χ2n) is 7.42. The fraction of sp³-hybridized carbons (Fsp3) is 0.192. The molecule has 1 heterocycles. The summed E-state index contributed by atoms with van der Waals surface area (Å²) in [5.74, 6) is -0.717. The third kappa shape index (κ3) is 6.34.